The van der Waals surface area contributed by atoms with Gasteiger partial charge >= 0.3 is 0 Å². The van der Waals surface area contributed by atoms with E-state index < -0.39 is 11.6 Å². The number of hydrogen-bond donors (Lipinski definition) is 2. The monoisotopic (exact) mass is 372 g/mol. The molecule has 0 spiro atoms. The molecule has 0 saturated heterocycles. The SMILES string of the molecule is O=C(CCc1cc(F)ccc1F)Nc1ccc(C(=O)NC2CCCC2)cc1. The number of benzene rings is 2. The van der Waals surface area contributed by atoms with Gasteiger partial charge in [-0.1, -0.05) is 12.8 Å². The van der Waals surface area contributed by atoms with Crippen LogP contribution in [0.3, 0.4) is 0 Å². The van der Waals surface area contributed by atoms with E-state index in [2.05, 4.69) is 10.6 Å². The third-order valence-corrected chi connectivity index (χ3v) is 4.75. The van der Waals surface area contributed by atoms with Gasteiger partial charge in [0.25, 0.3) is 5.91 Å². The molecule has 0 unspecified atom stereocenters. The van der Waals surface area contributed by atoms with Crippen molar-refractivity contribution in [3.05, 3.63) is 65.2 Å². The van der Waals surface area contributed by atoms with Gasteiger partial charge in [0.05, 0.1) is 0 Å². The first-order chi connectivity index (χ1) is 13.0. The maximum Gasteiger partial charge on any atom is 0.251 e. The molecule has 1 aliphatic carbocycles. The molecule has 2 amide bonds. The van der Waals surface area contributed by atoms with Crippen molar-refractivity contribution in [2.75, 3.05) is 5.32 Å². The molecule has 1 saturated carbocycles. The molecular formula is C21H22F2N2O2. The highest BCUT2D eigenvalue weighted by Crippen LogP contribution is 2.19. The first-order valence-electron chi connectivity index (χ1n) is 9.16. The summed E-state index contributed by atoms with van der Waals surface area (Å²) in [5.41, 5.74) is 1.27. The molecule has 2 aromatic carbocycles. The van der Waals surface area contributed by atoms with Crippen LogP contribution in [0.1, 0.15) is 48.0 Å². The molecule has 142 valence electrons. The van der Waals surface area contributed by atoms with Gasteiger partial charge in [0.1, 0.15) is 11.6 Å². The molecule has 1 aliphatic rings. The summed E-state index contributed by atoms with van der Waals surface area (Å²) in [6, 6.07) is 10.1. The van der Waals surface area contributed by atoms with E-state index in [0.29, 0.717) is 11.3 Å². The van der Waals surface area contributed by atoms with Crippen LogP contribution in [0.15, 0.2) is 42.5 Å². The molecule has 27 heavy (non-hydrogen) atoms. The van der Waals surface area contributed by atoms with E-state index in [9.17, 15) is 18.4 Å². The molecule has 2 N–H and O–H groups in total. The minimum atomic E-state index is -0.529. The summed E-state index contributed by atoms with van der Waals surface area (Å²) in [6.45, 7) is 0. The van der Waals surface area contributed by atoms with Crippen LogP contribution in [0.4, 0.5) is 14.5 Å². The average molecular weight is 372 g/mol. The van der Waals surface area contributed by atoms with E-state index in [4.69, 9.17) is 0 Å². The summed E-state index contributed by atoms with van der Waals surface area (Å²) in [5, 5.41) is 5.71. The second kappa shape index (κ2) is 8.75. The fourth-order valence-electron chi connectivity index (χ4n) is 3.25. The Morgan fingerprint density at radius 1 is 1.00 bits per heavy atom. The lowest BCUT2D eigenvalue weighted by molar-refractivity contribution is -0.116. The second-order valence-electron chi connectivity index (χ2n) is 6.82. The summed E-state index contributed by atoms with van der Waals surface area (Å²) in [6.07, 6.45) is 4.48. The first kappa shape index (κ1) is 19.0. The number of aryl methyl sites for hydroxylation is 1. The van der Waals surface area contributed by atoms with Gasteiger partial charge in [-0.05, 0) is 67.3 Å². The minimum Gasteiger partial charge on any atom is -0.349 e. The zero-order valence-corrected chi connectivity index (χ0v) is 14.9. The topological polar surface area (TPSA) is 58.2 Å². The van der Waals surface area contributed by atoms with Gasteiger partial charge in [0.2, 0.25) is 5.91 Å². The molecular weight excluding hydrogens is 350 g/mol. The van der Waals surface area contributed by atoms with E-state index in [1.54, 1.807) is 24.3 Å². The summed E-state index contributed by atoms with van der Waals surface area (Å²) < 4.78 is 26.7. The Hall–Kier alpha value is -2.76. The van der Waals surface area contributed by atoms with Crippen LogP contribution < -0.4 is 10.6 Å². The summed E-state index contributed by atoms with van der Waals surface area (Å²) in [7, 11) is 0. The predicted octanol–water partition coefficient (Wildman–Crippen LogP) is 4.21. The summed E-state index contributed by atoms with van der Waals surface area (Å²) >= 11 is 0. The molecule has 0 aromatic heterocycles. The Morgan fingerprint density at radius 2 is 1.70 bits per heavy atom. The molecule has 0 heterocycles. The largest absolute Gasteiger partial charge is 0.349 e. The number of halogens is 2. The number of rotatable bonds is 6. The van der Waals surface area contributed by atoms with Gasteiger partial charge in [0, 0.05) is 23.7 Å². The lowest BCUT2D eigenvalue weighted by atomic mass is 10.1. The van der Waals surface area contributed by atoms with Crippen LogP contribution >= 0.6 is 0 Å². The van der Waals surface area contributed by atoms with Crippen LogP contribution in [-0.4, -0.2) is 17.9 Å². The Balaban J connectivity index is 1.50. The van der Waals surface area contributed by atoms with E-state index in [1.807, 2.05) is 0 Å². The van der Waals surface area contributed by atoms with Gasteiger partial charge in [-0.25, -0.2) is 8.78 Å². The van der Waals surface area contributed by atoms with Crippen molar-refractivity contribution in [1.82, 2.24) is 5.32 Å². The van der Waals surface area contributed by atoms with Gasteiger partial charge in [0.15, 0.2) is 0 Å². The van der Waals surface area contributed by atoms with Crippen molar-refractivity contribution in [3.63, 3.8) is 0 Å². The first-order valence-corrected chi connectivity index (χ1v) is 9.16. The normalized spacial score (nSPS) is 14.1. The van der Waals surface area contributed by atoms with Crippen molar-refractivity contribution < 1.29 is 18.4 Å². The van der Waals surface area contributed by atoms with Crippen molar-refractivity contribution >= 4 is 17.5 Å². The molecule has 2 aromatic rings. The van der Waals surface area contributed by atoms with Crippen molar-refractivity contribution in [2.45, 2.75) is 44.6 Å². The standard InChI is InChI=1S/C21H22F2N2O2/c22-16-8-11-19(23)15(13-16)7-12-20(26)24-18-9-5-14(6-10-18)21(27)25-17-3-1-2-4-17/h5-6,8-11,13,17H,1-4,7,12H2,(H,24,26)(H,25,27). The van der Waals surface area contributed by atoms with Crippen molar-refractivity contribution in [2.24, 2.45) is 0 Å². The number of hydrogen-bond acceptors (Lipinski definition) is 2. The van der Waals surface area contributed by atoms with Crippen LogP contribution in [0.2, 0.25) is 0 Å². The van der Waals surface area contributed by atoms with Crippen LogP contribution in [-0.2, 0) is 11.2 Å². The van der Waals surface area contributed by atoms with Gasteiger partial charge < -0.3 is 10.6 Å². The summed E-state index contributed by atoms with van der Waals surface area (Å²) in [5.74, 6) is -1.47. The van der Waals surface area contributed by atoms with E-state index >= 15 is 0 Å². The van der Waals surface area contributed by atoms with Gasteiger partial charge in [-0.2, -0.15) is 0 Å². The van der Waals surface area contributed by atoms with Gasteiger partial charge in [-0.15, -0.1) is 0 Å². The van der Waals surface area contributed by atoms with Crippen LogP contribution in [0, 0.1) is 11.6 Å². The average Bonchev–Trinajstić information content (AvgIpc) is 3.16. The molecule has 1 fully saturated rings. The Bertz CT molecular complexity index is 815. The number of carbonyl (C=O) groups is 2. The highest BCUT2D eigenvalue weighted by molar-refractivity contribution is 5.96. The fraction of sp³-hybridized carbons (Fsp3) is 0.333. The Labute approximate surface area is 157 Å². The minimum absolute atomic E-state index is 0.0320. The number of anilines is 1. The van der Waals surface area contributed by atoms with Crippen molar-refractivity contribution in [3.8, 4) is 0 Å². The Kier molecular flexibility index (Phi) is 6.16. The van der Waals surface area contributed by atoms with E-state index in [-0.39, 0.29) is 36.3 Å². The lowest BCUT2D eigenvalue weighted by Crippen LogP contribution is -2.32. The lowest BCUT2D eigenvalue weighted by Gasteiger charge is -2.12. The molecule has 6 heteroatoms. The zero-order chi connectivity index (χ0) is 19.2. The van der Waals surface area contributed by atoms with Crippen LogP contribution in [0.5, 0.6) is 0 Å². The second-order valence-corrected chi connectivity index (χ2v) is 6.82. The molecule has 0 radical (unpaired) electrons. The summed E-state index contributed by atoms with van der Waals surface area (Å²) in [4.78, 5) is 24.2. The van der Waals surface area contributed by atoms with E-state index in [0.717, 1.165) is 43.9 Å². The quantitative estimate of drug-likeness (QED) is 0.798. The van der Waals surface area contributed by atoms with Gasteiger partial charge in [-0.3, -0.25) is 9.59 Å². The smallest absolute Gasteiger partial charge is 0.251 e. The fourth-order valence-corrected chi connectivity index (χ4v) is 3.25. The number of nitrogens with one attached hydrogen (secondary N) is 2. The molecule has 3 rings (SSSR count). The third kappa shape index (κ3) is 5.36. The molecule has 0 bridgehead atoms. The van der Waals surface area contributed by atoms with E-state index in [1.165, 1.54) is 0 Å². The van der Waals surface area contributed by atoms with Crippen LogP contribution in [0.25, 0.3) is 0 Å². The predicted molar refractivity (Wildman–Crippen MR) is 99.5 cm³/mol. The highest BCUT2D eigenvalue weighted by atomic mass is 19.1. The zero-order valence-electron chi connectivity index (χ0n) is 14.9. The molecule has 0 aliphatic heterocycles. The molecule has 4 nitrogen and oxygen atoms in total. The Morgan fingerprint density at radius 3 is 2.41 bits per heavy atom. The maximum atomic E-state index is 13.6. The van der Waals surface area contributed by atoms with Crippen molar-refractivity contribution in [1.29, 1.82) is 0 Å². The number of amides is 2. The molecule has 0 atom stereocenters. The maximum absolute atomic E-state index is 13.6. The highest BCUT2D eigenvalue weighted by Gasteiger charge is 2.17. The third-order valence-electron chi connectivity index (χ3n) is 4.75. The number of carbonyl (C=O) groups excluding carboxylic acids is 2.